The van der Waals surface area contributed by atoms with E-state index in [9.17, 15) is 9.59 Å². The molecule has 1 aliphatic rings. The van der Waals surface area contributed by atoms with Gasteiger partial charge in [-0.2, -0.15) is 11.3 Å². The van der Waals surface area contributed by atoms with E-state index in [1.54, 1.807) is 0 Å². The zero-order valence-corrected chi connectivity index (χ0v) is 20.3. The standard InChI is InChI=1S/C28H38O2S/c1-3-5-7-9-11-13-15-21-17-23-24(18-22(21)16-14-12-10-8-6-4-2)28(30)26-20-31-19-25(26)27(23)29/h17-20H,3-16H2,1-2H3. The summed E-state index contributed by atoms with van der Waals surface area (Å²) < 4.78 is 0. The molecule has 1 aromatic heterocycles. The van der Waals surface area contributed by atoms with E-state index in [1.807, 2.05) is 10.8 Å². The highest BCUT2D eigenvalue weighted by Crippen LogP contribution is 2.32. The van der Waals surface area contributed by atoms with Crippen molar-refractivity contribution in [3.05, 3.63) is 56.3 Å². The quantitative estimate of drug-likeness (QED) is 0.237. The maximum Gasteiger partial charge on any atom is 0.195 e. The van der Waals surface area contributed by atoms with Crippen LogP contribution in [0.1, 0.15) is 134 Å². The monoisotopic (exact) mass is 438 g/mol. The van der Waals surface area contributed by atoms with Crippen molar-refractivity contribution in [3.8, 4) is 0 Å². The van der Waals surface area contributed by atoms with Crippen molar-refractivity contribution >= 4 is 22.9 Å². The van der Waals surface area contributed by atoms with E-state index >= 15 is 0 Å². The summed E-state index contributed by atoms with van der Waals surface area (Å²) in [4.78, 5) is 26.1. The van der Waals surface area contributed by atoms with E-state index in [1.165, 1.54) is 86.7 Å². The SMILES string of the molecule is CCCCCCCCc1cc2c(cc1CCCCCCCC)C(=O)c1cscc1C2=O. The van der Waals surface area contributed by atoms with Crippen molar-refractivity contribution in [2.24, 2.45) is 0 Å². The van der Waals surface area contributed by atoms with Gasteiger partial charge in [-0.15, -0.1) is 0 Å². The van der Waals surface area contributed by atoms with Gasteiger partial charge in [0, 0.05) is 33.0 Å². The summed E-state index contributed by atoms with van der Waals surface area (Å²) in [5.74, 6) is 0.0577. The van der Waals surface area contributed by atoms with E-state index in [0.29, 0.717) is 22.3 Å². The number of ketones is 2. The Bertz CT molecular complexity index is 808. The summed E-state index contributed by atoms with van der Waals surface area (Å²) in [5.41, 5.74) is 5.03. The molecule has 1 aromatic carbocycles. The van der Waals surface area contributed by atoms with Crippen LogP contribution in [0.25, 0.3) is 0 Å². The first-order valence-corrected chi connectivity index (χ1v) is 13.4. The number of carbonyl (C=O) groups is 2. The van der Waals surface area contributed by atoms with Crippen LogP contribution >= 0.6 is 11.3 Å². The Kier molecular flexibility index (Phi) is 9.52. The molecule has 1 heterocycles. The predicted octanol–water partition coefficient (Wildman–Crippen LogP) is 8.33. The largest absolute Gasteiger partial charge is 0.289 e. The minimum absolute atomic E-state index is 0.0289. The molecule has 0 fully saturated rings. The number of carbonyl (C=O) groups excluding carboxylic acids is 2. The molecule has 0 aliphatic heterocycles. The lowest BCUT2D eigenvalue weighted by atomic mass is 9.82. The van der Waals surface area contributed by atoms with Crippen molar-refractivity contribution in [1.82, 2.24) is 0 Å². The Morgan fingerprint density at radius 2 is 0.935 bits per heavy atom. The van der Waals surface area contributed by atoms with Gasteiger partial charge in [0.25, 0.3) is 0 Å². The second kappa shape index (κ2) is 12.3. The highest BCUT2D eigenvalue weighted by molar-refractivity contribution is 7.08. The maximum atomic E-state index is 13.0. The van der Waals surface area contributed by atoms with Crippen LogP contribution in [0.5, 0.6) is 0 Å². The van der Waals surface area contributed by atoms with Gasteiger partial charge in [-0.1, -0.05) is 78.1 Å². The molecule has 0 atom stereocenters. The molecule has 2 aromatic rings. The van der Waals surface area contributed by atoms with E-state index in [4.69, 9.17) is 0 Å². The second-order valence-corrected chi connectivity index (χ2v) is 9.80. The first-order chi connectivity index (χ1) is 15.2. The van der Waals surface area contributed by atoms with E-state index < -0.39 is 0 Å². The molecular weight excluding hydrogens is 400 g/mol. The number of hydrogen-bond donors (Lipinski definition) is 0. The third kappa shape index (κ3) is 6.16. The van der Waals surface area contributed by atoms with Crippen molar-refractivity contribution in [3.63, 3.8) is 0 Å². The molecule has 3 rings (SSSR count). The van der Waals surface area contributed by atoms with Crippen LogP contribution in [0.2, 0.25) is 0 Å². The molecule has 0 bridgehead atoms. The number of unbranched alkanes of at least 4 members (excludes halogenated alkanes) is 10. The van der Waals surface area contributed by atoms with Gasteiger partial charge < -0.3 is 0 Å². The minimum Gasteiger partial charge on any atom is -0.289 e. The Hall–Kier alpha value is -1.74. The fourth-order valence-electron chi connectivity index (χ4n) is 4.66. The van der Waals surface area contributed by atoms with Crippen LogP contribution in [0.15, 0.2) is 22.9 Å². The van der Waals surface area contributed by atoms with Gasteiger partial charge >= 0.3 is 0 Å². The smallest absolute Gasteiger partial charge is 0.195 e. The second-order valence-electron chi connectivity index (χ2n) is 9.06. The molecule has 0 spiro atoms. The lowest BCUT2D eigenvalue weighted by molar-refractivity contribution is 0.0980. The number of benzene rings is 1. The molecule has 0 radical (unpaired) electrons. The number of hydrogen-bond acceptors (Lipinski definition) is 3. The van der Waals surface area contributed by atoms with Crippen LogP contribution in [0.3, 0.4) is 0 Å². The Labute approximate surface area is 192 Å². The molecule has 168 valence electrons. The summed E-state index contributed by atoms with van der Waals surface area (Å²) in [6.45, 7) is 4.50. The zero-order valence-electron chi connectivity index (χ0n) is 19.4. The predicted molar refractivity (Wildman–Crippen MR) is 132 cm³/mol. The summed E-state index contributed by atoms with van der Waals surface area (Å²) in [6, 6.07) is 4.13. The molecule has 0 N–H and O–H groups in total. The van der Waals surface area contributed by atoms with Crippen LogP contribution in [-0.4, -0.2) is 11.6 Å². The fraction of sp³-hybridized carbons (Fsp3) is 0.571. The average Bonchev–Trinajstić information content (AvgIpc) is 3.27. The molecule has 3 heteroatoms. The topological polar surface area (TPSA) is 34.1 Å². The van der Waals surface area contributed by atoms with Gasteiger partial charge in [-0.25, -0.2) is 0 Å². The highest BCUT2D eigenvalue weighted by atomic mass is 32.1. The third-order valence-corrected chi connectivity index (χ3v) is 7.32. The number of thiophene rings is 1. The molecule has 0 saturated heterocycles. The highest BCUT2D eigenvalue weighted by Gasteiger charge is 2.31. The molecule has 31 heavy (non-hydrogen) atoms. The van der Waals surface area contributed by atoms with Crippen LogP contribution in [0, 0.1) is 0 Å². The number of rotatable bonds is 14. The van der Waals surface area contributed by atoms with E-state index in [0.717, 1.165) is 25.7 Å². The molecular formula is C28H38O2S. The van der Waals surface area contributed by atoms with Crippen molar-refractivity contribution < 1.29 is 9.59 Å². The molecule has 0 saturated carbocycles. The summed E-state index contributed by atoms with van der Waals surface area (Å²) >= 11 is 1.45. The summed E-state index contributed by atoms with van der Waals surface area (Å²) in [7, 11) is 0. The normalized spacial score (nSPS) is 12.8. The third-order valence-electron chi connectivity index (χ3n) is 6.58. The van der Waals surface area contributed by atoms with Crippen LogP contribution < -0.4 is 0 Å². The Balaban J connectivity index is 1.73. The van der Waals surface area contributed by atoms with Crippen LogP contribution in [0.4, 0.5) is 0 Å². The molecule has 0 unspecified atom stereocenters. The minimum atomic E-state index is 0.0289. The first-order valence-electron chi connectivity index (χ1n) is 12.5. The van der Waals surface area contributed by atoms with Gasteiger partial charge in [0.2, 0.25) is 0 Å². The maximum absolute atomic E-state index is 13.0. The van der Waals surface area contributed by atoms with Gasteiger partial charge in [0.05, 0.1) is 0 Å². The number of aryl methyl sites for hydroxylation is 2. The average molecular weight is 439 g/mol. The molecule has 1 aliphatic carbocycles. The summed E-state index contributed by atoms with van der Waals surface area (Å²) in [5, 5.41) is 3.66. The number of fused-ring (bicyclic) bond motifs is 2. The van der Waals surface area contributed by atoms with Gasteiger partial charge in [0.15, 0.2) is 11.6 Å². The zero-order chi connectivity index (χ0) is 22.1. The van der Waals surface area contributed by atoms with Crippen molar-refractivity contribution in [1.29, 1.82) is 0 Å². The lowest BCUT2D eigenvalue weighted by Gasteiger charge is -2.19. The van der Waals surface area contributed by atoms with E-state index in [2.05, 4.69) is 26.0 Å². The Morgan fingerprint density at radius 3 is 1.35 bits per heavy atom. The van der Waals surface area contributed by atoms with Crippen molar-refractivity contribution in [2.75, 3.05) is 0 Å². The first kappa shape index (κ1) is 23.9. The van der Waals surface area contributed by atoms with E-state index in [-0.39, 0.29) is 11.6 Å². The van der Waals surface area contributed by atoms with Crippen LogP contribution in [-0.2, 0) is 12.8 Å². The molecule has 0 amide bonds. The lowest BCUT2D eigenvalue weighted by Crippen LogP contribution is -2.20. The van der Waals surface area contributed by atoms with Gasteiger partial charge in [-0.3, -0.25) is 9.59 Å². The van der Waals surface area contributed by atoms with Crippen molar-refractivity contribution in [2.45, 2.75) is 104 Å². The fourth-order valence-corrected chi connectivity index (χ4v) is 5.47. The molecule has 2 nitrogen and oxygen atoms in total. The van der Waals surface area contributed by atoms with Gasteiger partial charge in [0.1, 0.15) is 0 Å². The summed E-state index contributed by atoms with van der Waals surface area (Å²) in [6.07, 6.45) is 17.3. The van der Waals surface area contributed by atoms with Gasteiger partial charge in [-0.05, 0) is 48.9 Å². The Morgan fingerprint density at radius 1 is 0.548 bits per heavy atom.